The summed E-state index contributed by atoms with van der Waals surface area (Å²) in [5.74, 6) is 0.971. The average molecular weight is 289 g/mol. The first-order valence-electron chi connectivity index (χ1n) is 6.72. The van der Waals surface area contributed by atoms with Crippen molar-refractivity contribution in [1.82, 2.24) is 0 Å². The summed E-state index contributed by atoms with van der Waals surface area (Å²) in [6.07, 6.45) is 0. The van der Waals surface area contributed by atoms with Crippen molar-refractivity contribution in [2.75, 3.05) is 18.1 Å². The zero-order valence-corrected chi connectivity index (χ0v) is 11.9. The fourth-order valence-corrected chi connectivity index (χ4v) is 2.75. The Morgan fingerprint density at radius 2 is 2.05 bits per heavy atom. The maximum absolute atomic E-state index is 6.05. The molecule has 1 heterocycles. The molecule has 0 unspecified atom stereocenters. The molecule has 0 aliphatic carbocycles. The molecule has 3 nitrogen and oxygen atoms in total. The van der Waals surface area contributed by atoms with Gasteiger partial charge in [-0.05, 0) is 29.8 Å². The number of rotatable bonds is 2. The Kier molecular flexibility index (Phi) is 3.81. The Morgan fingerprint density at radius 1 is 1.20 bits per heavy atom. The van der Waals surface area contributed by atoms with Crippen LogP contribution in [0, 0.1) is 0 Å². The summed E-state index contributed by atoms with van der Waals surface area (Å²) in [5, 5.41) is 0.723. The number of nitrogens with zero attached hydrogens (tertiary/aromatic N) is 1. The normalized spacial score (nSPS) is 14.4. The highest BCUT2D eigenvalue weighted by Crippen LogP contribution is 2.29. The van der Waals surface area contributed by atoms with Gasteiger partial charge < -0.3 is 15.4 Å². The van der Waals surface area contributed by atoms with E-state index in [4.69, 9.17) is 22.1 Å². The molecule has 0 aromatic heterocycles. The van der Waals surface area contributed by atoms with Crippen LogP contribution >= 0.6 is 11.6 Å². The molecule has 0 atom stereocenters. The summed E-state index contributed by atoms with van der Waals surface area (Å²) in [5.41, 5.74) is 9.24. The SMILES string of the molecule is NCc1cc(Cl)ccc1N1CCOc2ccccc2C1. The van der Waals surface area contributed by atoms with Crippen molar-refractivity contribution in [1.29, 1.82) is 0 Å². The Labute approximate surface area is 123 Å². The van der Waals surface area contributed by atoms with Crippen molar-refractivity contribution in [3.05, 3.63) is 58.6 Å². The van der Waals surface area contributed by atoms with Crippen LogP contribution in [0.4, 0.5) is 5.69 Å². The minimum absolute atomic E-state index is 0.481. The monoisotopic (exact) mass is 288 g/mol. The standard InChI is InChI=1S/C16H17ClN2O/c17-14-5-6-15(13(9-14)10-18)19-7-8-20-16-4-2-1-3-12(16)11-19/h1-6,9H,7-8,10-11,18H2. The van der Waals surface area contributed by atoms with E-state index in [0.717, 1.165) is 35.1 Å². The second-order valence-corrected chi connectivity index (χ2v) is 5.29. The lowest BCUT2D eigenvalue weighted by Crippen LogP contribution is -2.26. The van der Waals surface area contributed by atoms with Crippen molar-refractivity contribution in [3.63, 3.8) is 0 Å². The van der Waals surface area contributed by atoms with Gasteiger partial charge in [0.1, 0.15) is 12.4 Å². The molecule has 2 aromatic rings. The first-order chi connectivity index (χ1) is 9.78. The van der Waals surface area contributed by atoms with E-state index in [1.807, 2.05) is 36.4 Å². The van der Waals surface area contributed by atoms with Crippen LogP contribution in [0.1, 0.15) is 11.1 Å². The fraction of sp³-hybridized carbons (Fsp3) is 0.250. The molecular weight excluding hydrogens is 272 g/mol. The molecule has 20 heavy (non-hydrogen) atoms. The number of halogens is 1. The van der Waals surface area contributed by atoms with Crippen molar-refractivity contribution in [2.45, 2.75) is 13.1 Å². The zero-order valence-electron chi connectivity index (χ0n) is 11.2. The molecule has 2 aromatic carbocycles. The Balaban J connectivity index is 1.95. The lowest BCUT2D eigenvalue weighted by Gasteiger charge is -2.24. The van der Waals surface area contributed by atoms with E-state index in [9.17, 15) is 0 Å². The summed E-state index contributed by atoms with van der Waals surface area (Å²) < 4.78 is 5.80. The zero-order chi connectivity index (χ0) is 13.9. The van der Waals surface area contributed by atoms with Gasteiger partial charge in [0.2, 0.25) is 0 Å². The third-order valence-electron chi connectivity index (χ3n) is 3.55. The molecule has 1 aliphatic heterocycles. The maximum atomic E-state index is 6.05. The number of hydrogen-bond donors (Lipinski definition) is 1. The van der Waals surface area contributed by atoms with Gasteiger partial charge >= 0.3 is 0 Å². The van der Waals surface area contributed by atoms with Gasteiger partial charge in [0.25, 0.3) is 0 Å². The molecule has 0 radical (unpaired) electrons. The van der Waals surface area contributed by atoms with E-state index in [1.165, 1.54) is 5.56 Å². The van der Waals surface area contributed by atoms with E-state index in [1.54, 1.807) is 0 Å². The number of benzene rings is 2. The molecular formula is C16H17ClN2O. The maximum Gasteiger partial charge on any atom is 0.124 e. The van der Waals surface area contributed by atoms with Gasteiger partial charge in [0.15, 0.2) is 0 Å². The molecule has 4 heteroatoms. The predicted octanol–water partition coefficient (Wildman–Crippen LogP) is 3.20. The third-order valence-corrected chi connectivity index (χ3v) is 3.79. The summed E-state index contributed by atoms with van der Waals surface area (Å²) in [6.45, 7) is 2.81. The lowest BCUT2D eigenvalue weighted by atomic mass is 10.1. The van der Waals surface area contributed by atoms with Gasteiger partial charge in [0, 0.05) is 29.4 Å². The van der Waals surface area contributed by atoms with Crippen LogP contribution in [0.3, 0.4) is 0 Å². The second-order valence-electron chi connectivity index (χ2n) is 4.85. The average Bonchev–Trinajstić information content (AvgIpc) is 2.69. The summed E-state index contributed by atoms with van der Waals surface area (Å²) in [7, 11) is 0. The van der Waals surface area contributed by atoms with Gasteiger partial charge in [-0.15, -0.1) is 0 Å². The van der Waals surface area contributed by atoms with Crippen LogP contribution in [0.25, 0.3) is 0 Å². The molecule has 0 saturated heterocycles. The van der Waals surface area contributed by atoms with E-state index in [-0.39, 0.29) is 0 Å². The highest BCUT2D eigenvalue weighted by atomic mass is 35.5. The van der Waals surface area contributed by atoms with Crippen LogP contribution in [-0.4, -0.2) is 13.2 Å². The van der Waals surface area contributed by atoms with E-state index >= 15 is 0 Å². The van der Waals surface area contributed by atoms with Crippen molar-refractivity contribution < 1.29 is 4.74 Å². The first-order valence-corrected chi connectivity index (χ1v) is 7.10. The Morgan fingerprint density at radius 3 is 2.90 bits per heavy atom. The van der Waals surface area contributed by atoms with Gasteiger partial charge in [-0.1, -0.05) is 29.8 Å². The highest BCUT2D eigenvalue weighted by Gasteiger charge is 2.17. The van der Waals surface area contributed by atoms with E-state index in [2.05, 4.69) is 11.0 Å². The van der Waals surface area contributed by atoms with E-state index in [0.29, 0.717) is 13.2 Å². The summed E-state index contributed by atoms with van der Waals surface area (Å²) >= 11 is 6.05. The quantitative estimate of drug-likeness (QED) is 0.922. The van der Waals surface area contributed by atoms with Gasteiger partial charge in [-0.3, -0.25) is 0 Å². The van der Waals surface area contributed by atoms with Crippen LogP contribution in [-0.2, 0) is 13.1 Å². The molecule has 0 amide bonds. The summed E-state index contributed by atoms with van der Waals surface area (Å²) in [6, 6.07) is 14.1. The fourth-order valence-electron chi connectivity index (χ4n) is 2.56. The Bertz CT molecular complexity index is 615. The molecule has 3 rings (SSSR count). The van der Waals surface area contributed by atoms with Crippen molar-refractivity contribution in [2.24, 2.45) is 5.73 Å². The molecule has 2 N–H and O–H groups in total. The molecule has 0 spiro atoms. The van der Waals surface area contributed by atoms with Gasteiger partial charge in [-0.2, -0.15) is 0 Å². The molecule has 0 bridgehead atoms. The lowest BCUT2D eigenvalue weighted by molar-refractivity contribution is 0.331. The third kappa shape index (κ3) is 2.60. The van der Waals surface area contributed by atoms with Gasteiger partial charge in [-0.25, -0.2) is 0 Å². The molecule has 0 saturated carbocycles. The van der Waals surface area contributed by atoms with Gasteiger partial charge in [0.05, 0.1) is 6.54 Å². The Hall–Kier alpha value is -1.71. The van der Waals surface area contributed by atoms with E-state index < -0.39 is 0 Å². The molecule has 104 valence electrons. The number of hydrogen-bond acceptors (Lipinski definition) is 3. The highest BCUT2D eigenvalue weighted by molar-refractivity contribution is 6.30. The second kappa shape index (κ2) is 5.73. The number of anilines is 1. The van der Waals surface area contributed by atoms with Crippen LogP contribution in [0.15, 0.2) is 42.5 Å². The first kappa shape index (κ1) is 13.3. The number of para-hydroxylation sites is 1. The predicted molar refractivity (Wildman–Crippen MR) is 82.3 cm³/mol. The largest absolute Gasteiger partial charge is 0.491 e. The van der Waals surface area contributed by atoms with Crippen molar-refractivity contribution in [3.8, 4) is 5.75 Å². The van der Waals surface area contributed by atoms with Crippen LogP contribution < -0.4 is 15.4 Å². The topological polar surface area (TPSA) is 38.5 Å². The van der Waals surface area contributed by atoms with Crippen molar-refractivity contribution >= 4 is 17.3 Å². The van der Waals surface area contributed by atoms with Crippen LogP contribution in [0.5, 0.6) is 5.75 Å². The summed E-state index contributed by atoms with van der Waals surface area (Å²) in [4.78, 5) is 2.30. The van der Waals surface area contributed by atoms with Crippen LogP contribution in [0.2, 0.25) is 5.02 Å². The molecule has 1 aliphatic rings. The minimum Gasteiger partial charge on any atom is -0.491 e. The number of ether oxygens (including phenoxy) is 1. The number of nitrogens with two attached hydrogens (primary N) is 1. The number of fused-ring (bicyclic) bond motifs is 1. The minimum atomic E-state index is 0.481. The molecule has 0 fully saturated rings. The smallest absolute Gasteiger partial charge is 0.124 e.